The van der Waals surface area contributed by atoms with Crippen LogP contribution in [0, 0.1) is 0 Å². The second kappa shape index (κ2) is 6.28. The standard InChI is InChI=1S/C17H20O/c1-14(15-9-5-3-6-10-15)13-17(18-2)16-11-7-4-8-12-16/h3,5-6,9-11H,4,7-8,12H2,1-2H3. The molecule has 1 aliphatic rings. The van der Waals surface area contributed by atoms with Gasteiger partial charge in [-0.25, -0.2) is 0 Å². The predicted molar refractivity (Wildman–Crippen MR) is 76.1 cm³/mol. The maximum Gasteiger partial charge on any atom is 0.164 e. The second-order valence-corrected chi connectivity index (χ2v) is 4.62. The number of benzene rings is 1. The minimum Gasteiger partial charge on any atom is -0.489 e. The Morgan fingerprint density at radius 2 is 1.94 bits per heavy atom. The number of hydrogen-bond acceptors (Lipinski definition) is 1. The fraction of sp³-hybridized carbons (Fsp3) is 0.353. The van der Waals surface area contributed by atoms with Crippen molar-refractivity contribution in [1.29, 1.82) is 0 Å². The van der Waals surface area contributed by atoms with E-state index in [2.05, 4.69) is 30.9 Å². The van der Waals surface area contributed by atoms with Gasteiger partial charge in [-0.1, -0.05) is 42.1 Å². The summed E-state index contributed by atoms with van der Waals surface area (Å²) < 4.78 is 5.50. The Balaban J connectivity index is 2.36. The normalized spacial score (nSPS) is 14.4. The zero-order valence-corrected chi connectivity index (χ0v) is 11.2. The average molecular weight is 240 g/mol. The lowest BCUT2D eigenvalue weighted by Crippen LogP contribution is -1.97. The lowest BCUT2D eigenvalue weighted by atomic mass is 9.97. The van der Waals surface area contributed by atoms with E-state index in [9.17, 15) is 0 Å². The number of ether oxygens (including phenoxy) is 1. The first kappa shape index (κ1) is 12.7. The minimum absolute atomic E-state index is 0.899. The number of hydrogen-bond donors (Lipinski definition) is 0. The van der Waals surface area contributed by atoms with Crippen molar-refractivity contribution in [2.24, 2.45) is 0 Å². The molecule has 0 spiro atoms. The van der Waals surface area contributed by atoms with Crippen LogP contribution in [-0.4, -0.2) is 7.11 Å². The molecule has 94 valence electrons. The van der Waals surface area contributed by atoms with E-state index < -0.39 is 0 Å². The Bertz CT molecular complexity index is 488. The van der Waals surface area contributed by atoms with Crippen molar-refractivity contribution in [3.63, 3.8) is 0 Å². The molecule has 0 aliphatic heterocycles. The number of rotatable bonds is 3. The summed E-state index contributed by atoms with van der Waals surface area (Å²) in [5.74, 6) is 0.899. The van der Waals surface area contributed by atoms with E-state index in [1.165, 1.54) is 24.0 Å². The van der Waals surface area contributed by atoms with Gasteiger partial charge in [-0.2, -0.15) is 0 Å². The van der Waals surface area contributed by atoms with Crippen molar-refractivity contribution >= 4 is 5.57 Å². The van der Waals surface area contributed by atoms with Gasteiger partial charge in [0.2, 0.25) is 0 Å². The van der Waals surface area contributed by atoms with Crippen LogP contribution in [0.25, 0.3) is 5.57 Å². The predicted octanol–water partition coefficient (Wildman–Crippen LogP) is 4.72. The summed E-state index contributed by atoms with van der Waals surface area (Å²) in [4.78, 5) is 0. The van der Waals surface area contributed by atoms with Gasteiger partial charge < -0.3 is 4.74 Å². The zero-order chi connectivity index (χ0) is 12.8. The van der Waals surface area contributed by atoms with Gasteiger partial charge in [-0.15, -0.1) is 0 Å². The van der Waals surface area contributed by atoms with Crippen LogP contribution in [0.1, 0.15) is 38.2 Å². The summed E-state index contributed by atoms with van der Waals surface area (Å²) in [5, 5.41) is 0. The molecule has 0 aromatic heterocycles. The molecule has 0 amide bonds. The molecule has 0 saturated heterocycles. The third kappa shape index (κ3) is 3.15. The van der Waals surface area contributed by atoms with Gasteiger partial charge >= 0.3 is 0 Å². The lowest BCUT2D eigenvalue weighted by Gasteiger charge is -2.13. The number of allylic oxidation sites excluding steroid dienone is 2. The lowest BCUT2D eigenvalue weighted by molar-refractivity contribution is 0.297. The largest absolute Gasteiger partial charge is 0.489 e. The summed E-state index contributed by atoms with van der Waals surface area (Å²) >= 11 is 0. The van der Waals surface area contributed by atoms with Crippen molar-refractivity contribution in [2.45, 2.75) is 32.6 Å². The van der Waals surface area contributed by atoms with Crippen LogP contribution in [0.3, 0.4) is 0 Å². The van der Waals surface area contributed by atoms with Gasteiger partial charge in [0.15, 0.2) is 5.76 Å². The van der Waals surface area contributed by atoms with E-state index in [4.69, 9.17) is 4.74 Å². The van der Waals surface area contributed by atoms with E-state index in [1.54, 1.807) is 7.11 Å². The van der Waals surface area contributed by atoms with Crippen molar-refractivity contribution in [3.8, 4) is 0 Å². The summed E-state index contributed by atoms with van der Waals surface area (Å²) in [6.07, 6.45) is 7.10. The fourth-order valence-corrected chi connectivity index (χ4v) is 2.24. The molecule has 1 aromatic rings. The molecule has 0 fully saturated rings. The van der Waals surface area contributed by atoms with Gasteiger partial charge in [0.25, 0.3) is 0 Å². The topological polar surface area (TPSA) is 9.23 Å². The van der Waals surface area contributed by atoms with Crippen LogP contribution in [0.5, 0.6) is 0 Å². The molecular formula is C17H20O. The molecule has 0 heterocycles. The maximum absolute atomic E-state index is 5.50. The zero-order valence-electron chi connectivity index (χ0n) is 11.2. The first-order valence-electron chi connectivity index (χ1n) is 6.57. The van der Waals surface area contributed by atoms with Crippen molar-refractivity contribution in [2.75, 3.05) is 7.11 Å². The molecule has 0 saturated carbocycles. The molecule has 0 atom stereocenters. The average Bonchev–Trinajstić information content (AvgIpc) is 2.46. The molecule has 0 radical (unpaired) electrons. The first-order valence-corrected chi connectivity index (χ1v) is 6.57. The van der Waals surface area contributed by atoms with Gasteiger partial charge in [-0.3, -0.25) is 0 Å². The Labute approximate surface area is 109 Å². The molecule has 2 rings (SSSR count). The van der Waals surface area contributed by atoms with Crippen molar-refractivity contribution in [3.05, 3.63) is 59.0 Å². The molecular weight excluding hydrogens is 220 g/mol. The second-order valence-electron chi connectivity index (χ2n) is 4.62. The minimum atomic E-state index is 0.899. The summed E-state index contributed by atoms with van der Waals surface area (Å²) in [7, 11) is 1.73. The quantitative estimate of drug-likeness (QED) is 0.548. The molecule has 18 heavy (non-hydrogen) atoms. The van der Waals surface area contributed by atoms with Gasteiger partial charge in [0, 0.05) is 5.57 Å². The van der Waals surface area contributed by atoms with Crippen LogP contribution < -0.4 is 0 Å². The van der Waals surface area contributed by atoms with Crippen LogP contribution in [-0.2, 0) is 4.74 Å². The Morgan fingerprint density at radius 3 is 2.56 bits per heavy atom. The third-order valence-electron chi connectivity index (χ3n) is 3.29. The van der Waals surface area contributed by atoms with E-state index in [-0.39, 0.29) is 0 Å². The monoisotopic (exact) mass is 240 g/mol. The fourth-order valence-electron chi connectivity index (χ4n) is 2.24. The van der Waals surface area contributed by atoms with E-state index in [1.807, 2.05) is 18.2 Å². The van der Waals surface area contributed by atoms with Crippen LogP contribution in [0.15, 0.2) is 53.5 Å². The van der Waals surface area contributed by atoms with Gasteiger partial charge in [0.05, 0.1) is 7.11 Å². The first-order chi connectivity index (χ1) is 8.81. The van der Waals surface area contributed by atoms with Crippen LogP contribution in [0.2, 0.25) is 0 Å². The molecule has 0 unspecified atom stereocenters. The van der Waals surface area contributed by atoms with E-state index in [0.29, 0.717) is 0 Å². The highest BCUT2D eigenvalue weighted by molar-refractivity contribution is 5.63. The highest BCUT2D eigenvalue weighted by atomic mass is 16.5. The molecule has 1 heteroatoms. The smallest absolute Gasteiger partial charge is 0.164 e. The van der Waals surface area contributed by atoms with E-state index in [0.717, 1.165) is 24.2 Å². The number of methoxy groups -OCH3 is 1. The van der Waals surface area contributed by atoms with Gasteiger partial charge in [-0.05, 0) is 43.7 Å². The Morgan fingerprint density at radius 1 is 1.17 bits per heavy atom. The highest BCUT2D eigenvalue weighted by Gasteiger charge is 2.09. The van der Waals surface area contributed by atoms with E-state index >= 15 is 0 Å². The summed E-state index contributed by atoms with van der Waals surface area (Å²) in [6.45, 7) is 2.08. The molecule has 0 bridgehead atoms. The van der Waals surface area contributed by atoms with Crippen molar-refractivity contribution < 1.29 is 4.74 Å². The summed E-state index contributed by atoms with van der Waals surface area (Å²) in [5.41, 5.74) is 7.02. The Kier molecular flexibility index (Phi) is 4.44. The van der Waals surface area contributed by atoms with Crippen LogP contribution >= 0.6 is 0 Å². The molecule has 1 aliphatic carbocycles. The SMILES string of the molecule is COC(=C=C(C)c1ccccc1)C1=CCCCC1. The summed E-state index contributed by atoms with van der Waals surface area (Å²) in [6, 6.07) is 10.3. The third-order valence-corrected chi connectivity index (χ3v) is 3.29. The highest BCUT2D eigenvalue weighted by Crippen LogP contribution is 2.24. The van der Waals surface area contributed by atoms with Gasteiger partial charge in [0.1, 0.15) is 0 Å². The molecule has 0 N–H and O–H groups in total. The van der Waals surface area contributed by atoms with Crippen LogP contribution in [0.4, 0.5) is 0 Å². The van der Waals surface area contributed by atoms with Crippen molar-refractivity contribution in [1.82, 2.24) is 0 Å². The molecule has 1 nitrogen and oxygen atoms in total. The maximum atomic E-state index is 5.50. The Hall–Kier alpha value is -1.72. The molecule has 1 aromatic carbocycles.